The summed E-state index contributed by atoms with van der Waals surface area (Å²) in [5, 5.41) is 0. The fourth-order valence-electron chi connectivity index (χ4n) is 2.48. The maximum atomic E-state index is 13.6. The van der Waals surface area contributed by atoms with Gasteiger partial charge in [-0.3, -0.25) is 0 Å². The average Bonchev–Trinajstić information content (AvgIpc) is 2.72. The van der Waals surface area contributed by atoms with E-state index in [-0.39, 0.29) is 17.4 Å². The molecule has 1 aromatic heterocycles. The largest absolute Gasteiger partial charge is 0.465 e. The number of allylic oxidation sites excluding steroid dienone is 4. The summed E-state index contributed by atoms with van der Waals surface area (Å²) in [4.78, 5) is 20.1. The summed E-state index contributed by atoms with van der Waals surface area (Å²) < 4.78 is 18.4. The normalized spacial score (nSPS) is 12.1. The lowest BCUT2D eigenvalue weighted by Crippen LogP contribution is -2.32. The molecule has 0 aliphatic carbocycles. The predicted molar refractivity (Wildman–Crippen MR) is 112 cm³/mol. The first-order chi connectivity index (χ1) is 13.9. The van der Waals surface area contributed by atoms with Crippen LogP contribution in [-0.2, 0) is 4.74 Å². The van der Waals surface area contributed by atoms with Crippen LogP contribution in [0, 0.1) is 0 Å². The van der Waals surface area contributed by atoms with Crippen molar-refractivity contribution in [3.8, 4) is 11.1 Å². The Morgan fingerprint density at radius 3 is 2.76 bits per heavy atom. The highest BCUT2D eigenvalue weighted by atomic mass is 19.1. The minimum absolute atomic E-state index is 0.131. The summed E-state index contributed by atoms with van der Waals surface area (Å²) in [6, 6.07) is 8.56. The van der Waals surface area contributed by atoms with Gasteiger partial charge in [-0.25, -0.2) is 25.0 Å². The Balaban J connectivity index is 2.46. The van der Waals surface area contributed by atoms with E-state index in [1.54, 1.807) is 43.5 Å². The van der Waals surface area contributed by atoms with Crippen LogP contribution in [0.25, 0.3) is 11.1 Å². The molecule has 8 heteroatoms. The van der Waals surface area contributed by atoms with Gasteiger partial charge in [0.05, 0.1) is 23.9 Å². The number of hydrogen-bond acceptors (Lipinski definition) is 6. The zero-order valence-electron chi connectivity index (χ0n) is 16.1. The number of hydrazine groups is 1. The number of aromatic nitrogens is 1. The highest BCUT2D eigenvalue weighted by Gasteiger charge is 2.12. The topological polar surface area (TPSA) is 116 Å². The zero-order valence-corrected chi connectivity index (χ0v) is 16.1. The number of ether oxygens (including phenoxy) is 1. The number of halogens is 1. The third-order valence-corrected chi connectivity index (χ3v) is 3.81. The van der Waals surface area contributed by atoms with Gasteiger partial charge < -0.3 is 15.9 Å². The number of nitrogens with zero attached hydrogens (tertiary/aromatic N) is 2. The summed E-state index contributed by atoms with van der Waals surface area (Å²) in [5.41, 5.74) is 10.7. The first-order valence-corrected chi connectivity index (χ1v) is 8.58. The van der Waals surface area contributed by atoms with Gasteiger partial charge in [0, 0.05) is 11.8 Å². The molecule has 0 fully saturated rings. The van der Waals surface area contributed by atoms with Crippen molar-refractivity contribution >= 4 is 17.6 Å². The number of amidine groups is 1. The van der Waals surface area contributed by atoms with Crippen LogP contribution in [0.5, 0.6) is 0 Å². The number of carbonyl (C=O) groups excluding carboxylic acids is 1. The molecule has 0 saturated heterocycles. The van der Waals surface area contributed by atoms with Crippen molar-refractivity contribution in [2.75, 3.05) is 12.8 Å². The van der Waals surface area contributed by atoms with Gasteiger partial charge in [-0.2, -0.15) is 0 Å². The fraction of sp³-hybridized carbons (Fsp3) is 0.0952. The number of esters is 1. The molecule has 0 bridgehead atoms. The zero-order chi connectivity index (χ0) is 21.4. The van der Waals surface area contributed by atoms with Crippen molar-refractivity contribution in [2.24, 2.45) is 10.8 Å². The molecule has 0 amide bonds. The Kier molecular flexibility index (Phi) is 7.39. The molecular weight excluding hydrogens is 373 g/mol. The summed E-state index contributed by atoms with van der Waals surface area (Å²) in [5.74, 6) is 4.96. The SMILES string of the molecule is C=C(/C=C(F)\C=C/C)N=C(NN)c1cc(-c2cccc(C(=O)OC)c2)cnc1N. The first kappa shape index (κ1) is 21.5. The molecule has 1 heterocycles. The van der Waals surface area contributed by atoms with E-state index in [1.165, 1.54) is 13.2 Å². The van der Waals surface area contributed by atoms with Gasteiger partial charge in [-0.1, -0.05) is 24.8 Å². The quantitative estimate of drug-likeness (QED) is 0.173. The van der Waals surface area contributed by atoms with Crippen LogP contribution in [0.2, 0.25) is 0 Å². The smallest absolute Gasteiger partial charge is 0.337 e. The lowest BCUT2D eigenvalue weighted by molar-refractivity contribution is 0.0601. The number of anilines is 1. The molecular formula is C21H22FN5O2. The molecule has 2 aromatic rings. The maximum Gasteiger partial charge on any atom is 0.337 e. The van der Waals surface area contributed by atoms with Gasteiger partial charge in [0.2, 0.25) is 0 Å². The number of nitrogens with two attached hydrogens (primary N) is 2. The van der Waals surface area contributed by atoms with Gasteiger partial charge in [-0.15, -0.1) is 0 Å². The third-order valence-electron chi connectivity index (χ3n) is 3.81. The molecule has 7 nitrogen and oxygen atoms in total. The summed E-state index contributed by atoms with van der Waals surface area (Å²) in [6.07, 6.45) is 5.55. The van der Waals surface area contributed by atoms with E-state index < -0.39 is 11.8 Å². The number of methoxy groups -OCH3 is 1. The van der Waals surface area contributed by atoms with Crippen LogP contribution >= 0.6 is 0 Å². The van der Waals surface area contributed by atoms with Crippen LogP contribution in [0.1, 0.15) is 22.8 Å². The van der Waals surface area contributed by atoms with Crippen molar-refractivity contribution in [2.45, 2.75) is 6.92 Å². The molecule has 0 aliphatic heterocycles. The third kappa shape index (κ3) is 5.60. The summed E-state index contributed by atoms with van der Waals surface area (Å²) in [7, 11) is 1.31. The van der Waals surface area contributed by atoms with E-state index >= 15 is 0 Å². The first-order valence-electron chi connectivity index (χ1n) is 8.58. The summed E-state index contributed by atoms with van der Waals surface area (Å²) in [6.45, 7) is 5.39. The molecule has 0 saturated carbocycles. The molecule has 29 heavy (non-hydrogen) atoms. The molecule has 1 aromatic carbocycles. The standard InChI is InChI=1S/C21H22FN5O2/c1-4-6-17(22)9-13(2)26-20(27-24)18-11-16(12-25-19(18)23)14-7-5-8-15(10-14)21(28)29-3/h4-12H,2,24H2,1,3H3,(H2,23,25)(H,26,27)/b6-4-,17-9+. The van der Waals surface area contributed by atoms with Crippen LogP contribution in [0.3, 0.4) is 0 Å². The number of hydrogen-bond donors (Lipinski definition) is 3. The van der Waals surface area contributed by atoms with E-state index in [4.69, 9.17) is 16.3 Å². The molecule has 5 N–H and O–H groups in total. The Morgan fingerprint density at radius 2 is 2.10 bits per heavy atom. The van der Waals surface area contributed by atoms with Gasteiger partial charge >= 0.3 is 5.97 Å². The van der Waals surface area contributed by atoms with Crippen molar-refractivity contribution in [3.63, 3.8) is 0 Å². The number of pyridine rings is 1. The van der Waals surface area contributed by atoms with Crippen molar-refractivity contribution in [1.82, 2.24) is 10.4 Å². The number of rotatable bonds is 6. The van der Waals surface area contributed by atoms with E-state index in [0.29, 0.717) is 16.7 Å². The highest BCUT2D eigenvalue weighted by Crippen LogP contribution is 2.24. The number of nitrogens with one attached hydrogen (secondary N) is 1. The molecule has 0 atom stereocenters. The Morgan fingerprint density at radius 1 is 1.34 bits per heavy atom. The Hall–Kier alpha value is -3.78. The minimum atomic E-state index is -0.503. The van der Waals surface area contributed by atoms with E-state index in [9.17, 15) is 9.18 Å². The van der Waals surface area contributed by atoms with Crippen molar-refractivity contribution in [1.29, 1.82) is 0 Å². The molecule has 150 valence electrons. The van der Waals surface area contributed by atoms with Gasteiger partial charge in [0.15, 0.2) is 5.84 Å². The lowest BCUT2D eigenvalue weighted by atomic mass is 10.0. The monoisotopic (exact) mass is 395 g/mol. The molecule has 0 radical (unpaired) electrons. The van der Waals surface area contributed by atoms with Crippen molar-refractivity contribution < 1.29 is 13.9 Å². The molecule has 0 unspecified atom stereocenters. The summed E-state index contributed by atoms with van der Waals surface area (Å²) >= 11 is 0. The predicted octanol–water partition coefficient (Wildman–Crippen LogP) is 3.27. The second-order valence-electron chi connectivity index (χ2n) is 5.85. The molecule has 2 rings (SSSR count). The fourth-order valence-corrected chi connectivity index (χ4v) is 2.48. The maximum absolute atomic E-state index is 13.6. The van der Waals surface area contributed by atoms with E-state index in [0.717, 1.165) is 11.6 Å². The molecule has 0 spiro atoms. The van der Waals surface area contributed by atoms with Crippen LogP contribution in [-0.4, -0.2) is 23.9 Å². The second kappa shape index (κ2) is 9.95. The van der Waals surface area contributed by atoms with Crippen LogP contribution < -0.4 is 17.0 Å². The highest BCUT2D eigenvalue weighted by molar-refractivity contribution is 6.03. The number of nitrogen functional groups attached to an aromatic ring is 1. The van der Waals surface area contributed by atoms with Crippen LogP contribution in [0.4, 0.5) is 10.2 Å². The Bertz CT molecular complexity index is 1010. The second-order valence-corrected chi connectivity index (χ2v) is 5.85. The van der Waals surface area contributed by atoms with E-state index in [2.05, 4.69) is 22.0 Å². The van der Waals surface area contributed by atoms with Gasteiger partial charge in [-0.05, 0) is 42.8 Å². The lowest BCUT2D eigenvalue weighted by Gasteiger charge is -2.11. The number of carbonyl (C=O) groups is 1. The average molecular weight is 395 g/mol. The molecule has 0 aliphatic rings. The van der Waals surface area contributed by atoms with Gasteiger partial charge in [0.25, 0.3) is 0 Å². The van der Waals surface area contributed by atoms with Crippen molar-refractivity contribution in [3.05, 3.63) is 84.0 Å². The number of benzene rings is 1. The van der Waals surface area contributed by atoms with Crippen LogP contribution in [0.15, 0.2) is 77.9 Å². The number of aliphatic imine (C=N–C) groups is 1. The Labute approximate surface area is 168 Å². The minimum Gasteiger partial charge on any atom is -0.465 e. The van der Waals surface area contributed by atoms with Gasteiger partial charge in [0.1, 0.15) is 11.6 Å². The van der Waals surface area contributed by atoms with E-state index in [1.807, 2.05) is 6.07 Å².